The largest absolute Gasteiger partial charge is 0.573 e. The van der Waals surface area contributed by atoms with Crippen molar-refractivity contribution in [2.24, 2.45) is 11.1 Å². The van der Waals surface area contributed by atoms with Gasteiger partial charge in [-0.15, -0.1) is 13.2 Å². The van der Waals surface area contributed by atoms with E-state index in [-0.39, 0.29) is 17.9 Å². The number of Topliss-reactive ketones (excluding diaryl/α,β-unsaturated/α-hetero) is 1. The monoisotopic (exact) mass is 259 g/mol. The van der Waals surface area contributed by atoms with E-state index in [0.717, 1.165) is 6.07 Å². The second-order valence-corrected chi connectivity index (χ2v) is 4.36. The minimum Gasteiger partial charge on any atom is -0.405 e. The lowest BCUT2D eigenvalue weighted by Crippen LogP contribution is -2.27. The average Bonchev–Trinajstić information content (AvgIpc) is 3.07. The molecule has 1 aromatic carbocycles. The molecule has 2 N–H and O–H groups in total. The van der Waals surface area contributed by atoms with Gasteiger partial charge in [-0.3, -0.25) is 4.79 Å². The summed E-state index contributed by atoms with van der Waals surface area (Å²) in [6, 6.07) is 5.36. The van der Waals surface area contributed by atoms with Crippen LogP contribution in [0.2, 0.25) is 0 Å². The Labute approximate surface area is 102 Å². The zero-order valence-corrected chi connectivity index (χ0v) is 9.46. The lowest BCUT2D eigenvalue weighted by atomic mass is 9.94. The van der Waals surface area contributed by atoms with E-state index in [0.29, 0.717) is 12.8 Å². The van der Waals surface area contributed by atoms with E-state index in [1.165, 1.54) is 18.2 Å². The van der Waals surface area contributed by atoms with Gasteiger partial charge in [-0.05, 0) is 25.0 Å². The third-order valence-corrected chi connectivity index (χ3v) is 3.08. The number of carbonyl (C=O) groups is 1. The number of hydrogen-bond donors (Lipinski definition) is 1. The zero-order valence-electron chi connectivity index (χ0n) is 9.46. The maximum absolute atomic E-state index is 12.2. The Hall–Kier alpha value is -1.56. The molecule has 1 fully saturated rings. The lowest BCUT2D eigenvalue weighted by molar-refractivity contribution is -0.274. The first kappa shape index (κ1) is 12.9. The van der Waals surface area contributed by atoms with Gasteiger partial charge >= 0.3 is 6.36 Å². The van der Waals surface area contributed by atoms with Crippen molar-refractivity contribution >= 4 is 5.78 Å². The molecule has 0 radical (unpaired) electrons. The van der Waals surface area contributed by atoms with Gasteiger partial charge in [-0.1, -0.05) is 12.1 Å². The maximum atomic E-state index is 12.2. The van der Waals surface area contributed by atoms with Gasteiger partial charge in [-0.2, -0.15) is 0 Å². The highest BCUT2D eigenvalue weighted by Crippen LogP contribution is 2.48. The second kappa shape index (κ2) is 4.28. The van der Waals surface area contributed by atoms with E-state index < -0.39 is 17.5 Å². The Morgan fingerprint density at radius 1 is 1.33 bits per heavy atom. The lowest BCUT2D eigenvalue weighted by Gasteiger charge is -2.16. The quantitative estimate of drug-likeness (QED) is 0.845. The first-order valence-corrected chi connectivity index (χ1v) is 5.48. The normalized spacial score (nSPS) is 17.3. The zero-order chi connectivity index (χ0) is 13.4. The molecule has 1 saturated carbocycles. The Bertz CT molecular complexity index is 467. The van der Waals surface area contributed by atoms with Crippen molar-refractivity contribution in [3.8, 4) is 5.75 Å². The summed E-state index contributed by atoms with van der Waals surface area (Å²) in [5, 5.41) is 0. The van der Waals surface area contributed by atoms with E-state index in [9.17, 15) is 18.0 Å². The molecular formula is C12H12F3NO2. The Balaban J connectivity index is 2.31. The standard InChI is InChI=1S/C12H12F3NO2/c13-12(14,15)18-9-4-2-1-3-8(9)10(17)11(7-16)5-6-11/h1-4H,5-7,16H2. The molecule has 1 aromatic rings. The average molecular weight is 259 g/mol. The number of ether oxygens (including phenoxy) is 1. The summed E-state index contributed by atoms with van der Waals surface area (Å²) in [4.78, 5) is 12.1. The molecule has 0 bridgehead atoms. The fourth-order valence-corrected chi connectivity index (χ4v) is 1.83. The van der Waals surface area contributed by atoms with Crippen molar-refractivity contribution in [1.82, 2.24) is 0 Å². The van der Waals surface area contributed by atoms with Crippen LogP contribution in [-0.4, -0.2) is 18.7 Å². The van der Waals surface area contributed by atoms with Gasteiger partial charge in [0.05, 0.1) is 5.56 Å². The smallest absolute Gasteiger partial charge is 0.405 e. The topological polar surface area (TPSA) is 52.3 Å². The number of carbonyl (C=O) groups excluding carboxylic acids is 1. The molecule has 98 valence electrons. The SMILES string of the molecule is NCC1(C(=O)c2ccccc2OC(F)(F)F)CC1. The highest BCUT2D eigenvalue weighted by atomic mass is 19.4. The molecule has 0 amide bonds. The summed E-state index contributed by atoms with van der Waals surface area (Å²) in [5.41, 5.74) is 4.75. The number of hydrogen-bond acceptors (Lipinski definition) is 3. The van der Waals surface area contributed by atoms with E-state index in [4.69, 9.17) is 5.73 Å². The number of nitrogens with two attached hydrogens (primary N) is 1. The van der Waals surface area contributed by atoms with Crippen LogP contribution in [0.1, 0.15) is 23.2 Å². The first-order chi connectivity index (χ1) is 8.38. The predicted octanol–water partition coefficient (Wildman–Crippen LogP) is 2.51. The predicted molar refractivity (Wildman–Crippen MR) is 58.2 cm³/mol. The molecule has 1 aliphatic carbocycles. The highest BCUT2D eigenvalue weighted by molar-refractivity contribution is 6.04. The van der Waals surface area contributed by atoms with Crippen molar-refractivity contribution in [2.45, 2.75) is 19.2 Å². The van der Waals surface area contributed by atoms with Crippen molar-refractivity contribution in [3.63, 3.8) is 0 Å². The van der Waals surface area contributed by atoms with Gasteiger partial charge in [0.2, 0.25) is 0 Å². The molecule has 0 unspecified atom stereocenters. The van der Waals surface area contributed by atoms with Crippen molar-refractivity contribution in [3.05, 3.63) is 29.8 Å². The number of para-hydroxylation sites is 1. The number of benzene rings is 1. The van der Waals surface area contributed by atoms with Gasteiger partial charge in [0.25, 0.3) is 0 Å². The van der Waals surface area contributed by atoms with E-state index >= 15 is 0 Å². The Kier molecular flexibility index (Phi) is 3.06. The van der Waals surface area contributed by atoms with Crippen LogP contribution in [-0.2, 0) is 0 Å². The van der Waals surface area contributed by atoms with Crippen LogP contribution in [0.5, 0.6) is 5.75 Å². The Morgan fingerprint density at radius 2 is 1.94 bits per heavy atom. The minimum atomic E-state index is -4.81. The van der Waals surface area contributed by atoms with Crippen LogP contribution >= 0.6 is 0 Å². The van der Waals surface area contributed by atoms with Crippen molar-refractivity contribution < 1.29 is 22.7 Å². The van der Waals surface area contributed by atoms with Crippen molar-refractivity contribution in [1.29, 1.82) is 0 Å². The fraction of sp³-hybridized carbons (Fsp3) is 0.417. The molecule has 6 heteroatoms. The summed E-state index contributed by atoms with van der Waals surface area (Å²) in [7, 11) is 0. The highest BCUT2D eigenvalue weighted by Gasteiger charge is 2.49. The number of alkyl halides is 3. The minimum absolute atomic E-state index is 0.0576. The van der Waals surface area contributed by atoms with Crippen LogP contribution < -0.4 is 10.5 Å². The molecule has 2 rings (SSSR count). The summed E-state index contributed by atoms with van der Waals surface area (Å²) in [5.74, 6) is -0.834. The third-order valence-electron chi connectivity index (χ3n) is 3.08. The summed E-state index contributed by atoms with van der Waals surface area (Å²) in [6.45, 7) is 0.145. The van der Waals surface area contributed by atoms with Gasteiger partial charge < -0.3 is 10.5 Å². The van der Waals surface area contributed by atoms with Crippen LogP contribution in [0, 0.1) is 5.41 Å². The maximum Gasteiger partial charge on any atom is 0.573 e. The molecule has 0 aromatic heterocycles. The van der Waals surface area contributed by atoms with Crippen molar-refractivity contribution in [2.75, 3.05) is 6.54 Å². The summed E-state index contributed by atoms with van der Waals surface area (Å²) in [6.07, 6.45) is -3.58. The molecule has 18 heavy (non-hydrogen) atoms. The van der Waals surface area contributed by atoms with Crippen LogP contribution in [0.15, 0.2) is 24.3 Å². The number of ketones is 1. The molecule has 0 saturated heterocycles. The van der Waals surface area contributed by atoms with Gasteiger partial charge in [0, 0.05) is 12.0 Å². The van der Waals surface area contributed by atoms with Crippen LogP contribution in [0.3, 0.4) is 0 Å². The molecule has 3 nitrogen and oxygen atoms in total. The first-order valence-electron chi connectivity index (χ1n) is 5.48. The van der Waals surface area contributed by atoms with E-state index in [1.807, 2.05) is 0 Å². The second-order valence-electron chi connectivity index (χ2n) is 4.36. The Morgan fingerprint density at radius 3 is 2.44 bits per heavy atom. The number of rotatable bonds is 4. The number of halogens is 3. The summed E-state index contributed by atoms with van der Waals surface area (Å²) < 4.78 is 40.5. The van der Waals surface area contributed by atoms with Crippen LogP contribution in [0.25, 0.3) is 0 Å². The third kappa shape index (κ3) is 2.48. The van der Waals surface area contributed by atoms with E-state index in [1.54, 1.807) is 0 Å². The van der Waals surface area contributed by atoms with Gasteiger partial charge in [0.1, 0.15) is 5.75 Å². The van der Waals surface area contributed by atoms with Crippen LogP contribution in [0.4, 0.5) is 13.2 Å². The molecule has 0 spiro atoms. The molecular weight excluding hydrogens is 247 g/mol. The molecule has 0 aliphatic heterocycles. The van der Waals surface area contributed by atoms with E-state index in [2.05, 4.69) is 4.74 Å². The molecule has 1 aliphatic rings. The molecule has 0 atom stereocenters. The van der Waals surface area contributed by atoms with Gasteiger partial charge in [0.15, 0.2) is 5.78 Å². The molecule has 0 heterocycles. The fourth-order valence-electron chi connectivity index (χ4n) is 1.83. The van der Waals surface area contributed by atoms with Gasteiger partial charge in [-0.25, -0.2) is 0 Å². The summed E-state index contributed by atoms with van der Waals surface area (Å²) >= 11 is 0.